The number of benzene rings is 1. The van der Waals surface area contributed by atoms with Crippen molar-refractivity contribution in [2.45, 2.75) is 38.4 Å². The van der Waals surface area contributed by atoms with Crippen LogP contribution in [0.3, 0.4) is 0 Å². The predicted octanol–water partition coefficient (Wildman–Crippen LogP) is 4.21. The van der Waals surface area contributed by atoms with Gasteiger partial charge in [0, 0.05) is 19.6 Å². The smallest absolute Gasteiger partial charge is 0.165 e. The van der Waals surface area contributed by atoms with Gasteiger partial charge in [0.05, 0.1) is 16.1 Å². The highest BCUT2D eigenvalue weighted by Crippen LogP contribution is 2.30. The first-order valence-corrected chi connectivity index (χ1v) is 7.58. The SMILES string of the molecule is CCC(=O)C(OC1CCOCC1)c1ccc(Cl)c(Cl)c1. The molecule has 2 rings (SSSR count). The molecule has 1 aromatic carbocycles. The van der Waals surface area contributed by atoms with Gasteiger partial charge in [-0.1, -0.05) is 36.2 Å². The monoisotopic (exact) mass is 316 g/mol. The third-order valence-electron chi connectivity index (χ3n) is 3.38. The first-order valence-electron chi connectivity index (χ1n) is 6.82. The van der Waals surface area contributed by atoms with E-state index in [-0.39, 0.29) is 11.9 Å². The Labute approximate surface area is 129 Å². The molecule has 5 heteroatoms. The van der Waals surface area contributed by atoms with Crippen molar-refractivity contribution in [3.05, 3.63) is 33.8 Å². The van der Waals surface area contributed by atoms with Crippen LogP contribution in [0.4, 0.5) is 0 Å². The van der Waals surface area contributed by atoms with Crippen molar-refractivity contribution in [3.63, 3.8) is 0 Å². The molecule has 3 nitrogen and oxygen atoms in total. The second kappa shape index (κ2) is 7.41. The molecule has 0 radical (unpaired) electrons. The van der Waals surface area contributed by atoms with Gasteiger partial charge in [0.2, 0.25) is 0 Å². The largest absolute Gasteiger partial charge is 0.381 e. The fourth-order valence-electron chi connectivity index (χ4n) is 2.21. The summed E-state index contributed by atoms with van der Waals surface area (Å²) >= 11 is 11.9. The van der Waals surface area contributed by atoms with Gasteiger partial charge < -0.3 is 9.47 Å². The molecule has 0 amide bonds. The van der Waals surface area contributed by atoms with Crippen molar-refractivity contribution < 1.29 is 14.3 Å². The summed E-state index contributed by atoms with van der Waals surface area (Å²) in [6.45, 7) is 3.19. The Kier molecular flexibility index (Phi) is 5.85. The summed E-state index contributed by atoms with van der Waals surface area (Å²) in [6.07, 6.45) is 1.54. The minimum Gasteiger partial charge on any atom is -0.381 e. The van der Waals surface area contributed by atoms with Crippen LogP contribution in [0.15, 0.2) is 18.2 Å². The summed E-state index contributed by atoms with van der Waals surface area (Å²) in [7, 11) is 0. The molecule has 0 saturated carbocycles. The van der Waals surface area contributed by atoms with Crippen LogP contribution in [0.5, 0.6) is 0 Å². The minimum absolute atomic E-state index is 0.0508. The maximum absolute atomic E-state index is 12.2. The molecule has 1 aliphatic heterocycles. The van der Waals surface area contributed by atoms with Gasteiger partial charge in [0.1, 0.15) is 6.10 Å². The molecule has 1 atom stereocenters. The van der Waals surface area contributed by atoms with Crippen LogP contribution >= 0.6 is 23.2 Å². The molecule has 1 saturated heterocycles. The number of ether oxygens (including phenoxy) is 2. The molecule has 0 aromatic heterocycles. The molecule has 0 spiro atoms. The fourth-order valence-corrected chi connectivity index (χ4v) is 2.51. The standard InChI is InChI=1S/C15H18Cl2O3/c1-2-14(18)15(20-11-5-7-19-8-6-11)10-3-4-12(16)13(17)9-10/h3-4,9,11,15H,2,5-8H2,1H3. The van der Waals surface area contributed by atoms with Crippen molar-refractivity contribution >= 4 is 29.0 Å². The molecule has 110 valence electrons. The first-order chi connectivity index (χ1) is 9.61. The zero-order valence-corrected chi connectivity index (χ0v) is 12.9. The highest BCUT2D eigenvalue weighted by molar-refractivity contribution is 6.42. The van der Waals surface area contributed by atoms with Gasteiger partial charge in [-0.2, -0.15) is 0 Å². The Bertz CT molecular complexity index is 470. The molecular formula is C15H18Cl2O3. The predicted molar refractivity (Wildman–Crippen MR) is 79.4 cm³/mol. The van der Waals surface area contributed by atoms with Crippen LogP contribution in [0, 0.1) is 0 Å². The van der Waals surface area contributed by atoms with Crippen molar-refractivity contribution in [2.24, 2.45) is 0 Å². The lowest BCUT2D eigenvalue weighted by atomic mass is 10.0. The van der Waals surface area contributed by atoms with E-state index in [4.69, 9.17) is 32.7 Å². The number of ketones is 1. The van der Waals surface area contributed by atoms with E-state index in [1.165, 1.54) is 0 Å². The van der Waals surface area contributed by atoms with Gasteiger partial charge in [-0.3, -0.25) is 4.79 Å². The van der Waals surface area contributed by atoms with Gasteiger partial charge >= 0.3 is 0 Å². The average molecular weight is 317 g/mol. The lowest BCUT2D eigenvalue weighted by Gasteiger charge is -2.27. The van der Waals surface area contributed by atoms with E-state index in [9.17, 15) is 4.79 Å². The van der Waals surface area contributed by atoms with E-state index in [1.54, 1.807) is 18.2 Å². The zero-order chi connectivity index (χ0) is 14.5. The lowest BCUT2D eigenvalue weighted by Crippen LogP contribution is -2.28. The van der Waals surface area contributed by atoms with Crippen LogP contribution in [-0.2, 0) is 14.3 Å². The number of carbonyl (C=O) groups excluding carboxylic acids is 1. The molecule has 0 N–H and O–H groups in total. The minimum atomic E-state index is -0.571. The molecule has 0 bridgehead atoms. The van der Waals surface area contributed by atoms with Crippen molar-refractivity contribution in [3.8, 4) is 0 Å². The second-order valence-corrected chi connectivity index (χ2v) is 5.64. The number of halogens is 2. The number of Topliss-reactive ketones (excluding diaryl/α,β-unsaturated/α-hetero) is 1. The Morgan fingerprint density at radius 3 is 2.65 bits per heavy atom. The van der Waals surface area contributed by atoms with E-state index >= 15 is 0 Å². The summed E-state index contributed by atoms with van der Waals surface area (Å²) in [4.78, 5) is 12.2. The molecule has 1 unspecified atom stereocenters. The maximum Gasteiger partial charge on any atom is 0.165 e. The Morgan fingerprint density at radius 2 is 2.05 bits per heavy atom. The van der Waals surface area contributed by atoms with E-state index < -0.39 is 6.10 Å². The molecular weight excluding hydrogens is 299 g/mol. The summed E-state index contributed by atoms with van der Waals surface area (Å²) in [5.74, 6) is 0.0508. The van der Waals surface area contributed by atoms with Gasteiger partial charge in [0.25, 0.3) is 0 Å². The Balaban J connectivity index is 2.17. The van der Waals surface area contributed by atoms with Gasteiger partial charge in [-0.25, -0.2) is 0 Å². The fraction of sp³-hybridized carbons (Fsp3) is 0.533. The number of hydrogen-bond acceptors (Lipinski definition) is 3. The Morgan fingerprint density at radius 1 is 1.35 bits per heavy atom. The van der Waals surface area contributed by atoms with Crippen molar-refractivity contribution in [1.29, 1.82) is 0 Å². The third kappa shape index (κ3) is 3.95. The second-order valence-electron chi connectivity index (χ2n) is 4.82. The summed E-state index contributed by atoms with van der Waals surface area (Å²) in [6, 6.07) is 5.20. The molecule has 1 aliphatic rings. The van der Waals surface area contributed by atoms with Crippen LogP contribution in [0.25, 0.3) is 0 Å². The number of rotatable bonds is 5. The van der Waals surface area contributed by atoms with Crippen LogP contribution in [-0.4, -0.2) is 25.1 Å². The summed E-state index contributed by atoms with van der Waals surface area (Å²) in [5, 5.41) is 0.915. The highest BCUT2D eigenvalue weighted by atomic mass is 35.5. The van der Waals surface area contributed by atoms with Gasteiger partial charge in [-0.15, -0.1) is 0 Å². The maximum atomic E-state index is 12.2. The highest BCUT2D eigenvalue weighted by Gasteiger charge is 2.25. The summed E-state index contributed by atoms with van der Waals surface area (Å²) in [5.41, 5.74) is 0.762. The van der Waals surface area contributed by atoms with E-state index in [1.807, 2.05) is 6.92 Å². The number of hydrogen-bond donors (Lipinski definition) is 0. The molecule has 0 aliphatic carbocycles. The molecule has 20 heavy (non-hydrogen) atoms. The number of carbonyl (C=O) groups is 1. The van der Waals surface area contributed by atoms with Gasteiger partial charge in [-0.05, 0) is 30.5 Å². The average Bonchev–Trinajstić information content (AvgIpc) is 2.48. The van der Waals surface area contributed by atoms with Crippen LogP contribution < -0.4 is 0 Å². The van der Waals surface area contributed by atoms with Crippen molar-refractivity contribution in [2.75, 3.05) is 13.2 Å². The topological polar surface area (TPSA) is 35.5 Å². The molecule has 1 heterocycles. The van der Waals surface area contributed by atoms with E-state index in [0.717, 1.165) is 18.4 Å². The first kappa shape index (κ1) is 15.8. The molecule has 1 fully saturated rings. The lowest BCUT2D eigenvalue weighted by molar-refractivity contribution is -0.139. The quantitative estimate of drug-likeness (QED) is 0.816. The van der Waals surface area contributed by atoms with Crippen molar-refractivity contribution in [1.82, 2.24) is 0 Å². The Hall–Kier alpha value is -0.610. The molecule has 1 aromatic rings. The van der Waals surface area contributed by atoms with Crippen LogP contribution in [0.2, 0.25) is 10.0 Å². The third-order valence-corrected chi connectivity index (χ3v) is 4.12. The normalized spacial score (nSPS) is 17.9. The summed E-state index contributed by atoms with van der Waals surface area (Å²) < 4.78 is 11.3. The van der Waals surface area contributed by atoms with E-state index in [0.29, 0.717) is 29.7 Å². The van der Waals surface area contributed by atoms with Gasteiger partial charge in [0.15, 0.2) is 5.78 Å². The van der Waals surface area contributed by atoms with Crippen LogP contribution in [0.1, 0.15) is 37.9 Å². The van der Waals surface area contributed by atoms with E-state index in [2.05, 4.69) is 0 Å². The zero-order valence-electron chi connectivity index (χ0n) is 11.4.